The van der Waals surface area contributed by atoms with Gasteiger partial charge in [-0.05, 0) is 74.0 Å². The van der Waals surface area contributed by atoms with Gasteiger partial charge in [0, 0.05) is 17.8 Å². The van der Waals surface area contributed by atoms with Gasteiger partial charge in [-0.25, -0.2) is 8.42 Å². The molecule has 168 valence electrons. The summed E-state index contributed by atoms with van der Waals surface area (Å²) in [5.41, 5.74) is 1.98. The van der Waals surface area contributed by atoms with Crippen LogP contribution in [0.3, 0.4) is 0 Å². The second kappa shape index (κ2) is 10.7. The van der Waals surface area contributed by atoms with Crippen molar-refractivity contribution in [2.75, 3.05) is 23.8 Å². The van der Waals surface area contributed by atoms with Gasteiger partial charge in [-0.2, -0.15) is 0 Å². The molecular formula is C24H26N2O5S. The Labute approximate surface area is 188 Å². The predicted molar refractivity (Wildman–Crippen MR) is 125 cm³/mol. The third-order valence-electron chi connectivity index (χ3n) is 4.63. The average molecular weight is 455 g/mol. The van der Waals surface area contributed by atoms with Gasteiger partial charge in [0.25, 0.3) is 10.0 Å². The lowest BCUT2D eigenvalue weighted by atomic mass is 10.2. The van der Waals surface area contributed by atoms with E-state index in [0.717, 1.165) is 17.1 Å². The van der Waals surface area contributed by atoms with E-state index in [-0.39, 0.29) is 10.8 Å². The Bertz CT molecular complexity index is 1130. The highest BCUT2D eigenvalue weighted by atomic mass is 32.2. The molecule has 3 aromatic carbocycles. The van der Waals surface area contributed by atoms with Crippen molar-refractivity contribution in [3.8, 4) is 11.5 Å². The van der Waals surface area contributed by atoms with E-state index in [1.54, 1.807) is 55.6 Å². The molecule has 0 bridgehead atoms. The fourth-order valence-corrected chi connectivity index (χ4v) is 3.93. The number of amides is 1. The summed E-state index contributed by atoms with van der Waals surface area (Å²) >= 11 is 0. The highest BCUT2D eigenvalue weighted by Crippen LogP contribution is 2.20. The van der Waals surface area contributed by atoms with Crippen molar-refractivity contribution in [3.05, 3.63) is 78.4 Å². The zero-order valence-corrected chi connectivity index (χ0v) is 18.8. The van der Waals surface area contributed by atoms with Crippen LogP contribution in [0.4, 0.5) is 11.4 Å². The summed E-state index contributed by atoms with van der Waals surface area (Å²) < 4.78 is 38.2. The van der Waals surface area contributed by atoms with Gasteiger partial charge in [0.15, 0.2) is 0 Å². The van der Waals surface area contributed by atoms with E-state index in [9.17, 15) is 13.2 Å². The van der Waals surface area contributed by atoms with E-state index in [1.165, 1.54) is 0 Å². The van der Waals surface area contributed by atoms with Crippen molar-refractivity contribution in [2.45, 2.75) is 24.7 Å². The molecule has 1 amide bonds. The Balaban J connectivity index is 1.44. The van der Waals surface area contributed by atoms with E-state index in [2.05, 4.69) is 10.0 Å². The molecule has 32 heavy (non-hydrogen) atoms. The Morgan fingerprint density at radius 2 is 1.44 bits per heavy atom. The summed E-state index contributed by atoms with van der Waals surface area (Å²) in [4.78, 5) is 12.3. The first-order valence-corrected chi connectivity index (χ1v) is 11.6. The summed E-state index contributed by atoms with van der Waals surface area (Å²) in [7, 11) is -2.06. The van der Waals surface area contributed by atoms with E-state index >= 15 is 0 Å². The van der Waals surface area contributed by atoms with Crippen molar-refractivity contribution >= 4 is 27.3 Å². The van der Waals surface area contributed by atoms with Crippen molar-refractivity contribution in [2.24, 2.45) is 0 Å². The van der Waals surface area contributed by atoms with Gasteiger partial charge in [0.2, 0.25) is 5.91 Å². The Kier molecular flexibility index (Phi) is 7.72. The Morgan fingerprint density at radius 3 is 2.06 bits per heavy atom. The molecule has 2 N–H and O–H groups in total. The van der Waals surface area contributed by atoms with Crippen LogP contribution in [0.1, 0.15) is 18.4 Å². The highest BCUT2D eigenvalue weighted by molar-refractivity contribution is 7.92. The van der Waals surface area contributed by atoms with E-state index < -0.39 is 10.0 Å². The van der Waals surface area contributed by atoms with Crippen molar-refractivity contribution in [1.82, 2.24) is 0 Å². The molecule has 0 saturated carbocycles. The number of sulfonamides is 1. The lowest BCUT2D eigenvalue weighted by molar-refractivity contribution is -0.116. The van der Waals surface area contributed by atoms with Crippen LogP contribution in [0.25, 0.3) is 0 Å². The van der Waals surface area contributed by atoms with E-state index in [1.807, 2.05) is 31.2 Å². The van der Waals surface area contributed by atoms with Gasteiger partial charge < -0.3 is 14.8 Å². The topological polar surface area (TPSA) is 93.7 Å². The minimum atomic E-state index is -3.67. The third kappa shape index (κ3) is 6.75. The first kappa shape index (κ1) is 23.1. The van der Waals surface area contributed by atoms with Crippen molar-refractivity contribution < 1.29 is 22.7 Å². The number of hydrogen-bond donors (Lipinski definition) is 2. The van der Waals surface area contributed by atoms with E-state index in [0.29, 0.717) is 30.8 Å². The number of benzene rings is 3. The lowest BCUT2D eigenvalue weighted by Gasteiger charge is -2.10. The first-order chi connectivity index (χ1) is 15.4. The number of nitrogens with one attached hydrogen (secondary N) is 2. The number of methoxy groups -OCH3 is 1. The van der Waals surface area contributed by atoms with Crippen LogP contribution < -0.4 is 19.5 Å². The molecule has 0 aromatic heterocycles. The zero-order chi connectivity index (χ0) is 23.0. The molecule has 3 aromatic rings. The molecule has 0 spiro atoms. The smallest absolute Gasteiger partial charge is 0.261 e. The van der Waals surface area contributed by atoms with Crippen LogP contribution in [0, 0.1) is 6.92 Å². The second-order valence-corrected chi connectivity index (χ2v) is 8.85. The number of carbonyl (C=O) groups is 1. The summed E-state index contributed by atoms with van der Waals surface area (Å²) in [5.74, 6) is 1.33. The van der Waals surface area contributed by atoms with Crippen molar-refractivity contribution in [3.63, 3.8) is 0 Å². The second-order valence-electron chi connectivity index (χ2n) is 7.17. The first-order valence-electron chi connectivity index (χ1n) is 10.1. The number of anilines is 2. The summed E-state index contributed by atoms with van der Waals surface area (Å²) in [6.07, 6.45) is 0.865. The molecule has 0 radical (unpaired) electrons. The number of carbonyl (C=O) groups excluding carboxylic acids is 1. The molecule has 7 nitrogen and oxygen atoms in total. The molecule has 3 rings (SSSR count). The number of rotatable bonds is 10. The van der Waals surface area contributed by atoms with Crippen LogP contribution in [-0.2, 0) is 14.8 Å². The average Bonchev–Trinajstić information content (AvgIpc) is 2.78. The lowest BCUT2D eigenvalue weighted by Crippen LogP contribution is -2.14. The van der Waals surface area contributed by atoms with Crippen LogP contribution in [0.15, 0.2) is 77.7 Å². The van der Waals surface area contributed by atoms with Gasteiger partial charge in [0.05, 0.1) is 18.6 Å². The van der Waals surface area contributed by atoms with Gasteiger partial charge in [-0.1, -0.05) is 17.7 Å². The molecule has 0 aliphatic heterocycles. The fraction of sp³-hybridized carbons (Fsp3) is 0.208. The predicted octanol–water partition coefficient (Wildman–Crippen LogP) is 4.60. The molecule has 8 heteroatoms. The number of aryl methyl sites for hydroxylation is 1. The van der Waals surface area contributed by atoms with Gasteiger partial charge in [0.1, 0.15) is 11.5 Å². The molecular weight excluding hydrogens is 428 g/mol. The molecule has 0 unspecified atom stereocenters. The van der Waals surface area contributed by atoms with Gasteiger partial charge >= 0.3 is 0 Å². The molecule has 0 fully saturated rings. The summed E-state index contributed by atoms with van der Waals surface area (Å²) in [6.45, 7) is 2.31. The third-order valence-corrected chi connectivity index (χ3v) is 6.03. The van der Waals surface area contributed by atoms with Crippen molar-refractivity contribution in [1.29, 1.82) is 0 Å². The number of ether oxygens (including phenoxy) is 2. The molecule has 0 aliphatic carbocycles. The zero-order valence-electron chi connectivity index (χ0n) is 18.0. The maximum atomic E-state index is 12.5. The number of hydrogen-bond acceptors (Lipinski definition) is 5. The van der Waals surface area contributed by atoms with Crippen LogP contribution in [-0.4, -0.2) is 28.0 Å². The Morgan fingerprint density at radius 1 is 0.844 bits per heavy atom. The molecule has 0 aliphatic rings. The standard InChI is InChI=1S/C24H26N2O5S/c1-18-5-15-23(16-6-18)32(28,29)26-20-9-7-19(8-10-20)25-24(27)4-3-17-31-22-13-11-21(30-2)12-14-22/h5-16,26H,3-4,17H2,1-2H3,(H,25,27). The minimum absolute atomic E-state index is 0.142. The monoisotopic (exact) mass is 454 g/mol. The van der Waals surface area contributed by atoms with Crippen LogP contribution in [0.5, 0.6) is 11.5 Å². The van der Waals surface area contributed by atoms with Crippen LogP contribution >= 0.6 is 0 Å². The van der Waals surface area contributed by atoms with Gasteiger partial charge in [-0.3, -0.25) is 9.52 Å². The van der Waals surface area contributed by atoms with E-state index in [4.69, 9.17) is 9.47 Å². The quantitative estimate of drug-likeness (QED) is 0.437. The highest BCUT2D eigenvalue weighted by Gasteiger charge is 2.13. The summed E-state index contributed by atoms with van der Waals surface area (Å²) in [6, 6.07) is 20.4. The molecule has 0 atom stereocenters. The minimum Gasteiger partial charge on any atom is -0.497 e. The molecule has 0 heterocycles. The SMILES string of the molecule is COc1ccc(OCCCC(=O)Nc2ccc(NS(=O)(=O)c3ccc(C)cc3)cc2)cc1. The van der Waals surface area contributed by atoms with Gasteiger partial charge in [-0.15, -0.1) is 0 Å². The fourth-order valence-electron chi connectivity index (χ4n) is 2.87. The van der Waals surface area contributed by atoms with Crippen LogP contribution in [0.2, 0.25) is 0 Å². The normalized spacial score (nSPS) is 10.9. The maximum Gasteiger partial charge on any atom is 0.261 e. The maximum absolute atomic E-state index is 12.5. The summed E-state index contributed by atoms with van der Waals surface area (Å²) in [5, 5.41) is 2.80. The Hall–Kier alpha value is -3.52. The largest absolute Gasteiger partial charge is 0.497 e. The molecule has 0 saturated heterocycles.